The molecule has 0 aromatic carbocycles. The summed E-state index contributed by atoms with van der Waals surface area (Å²) in [6, 6.07) is 0. The zero-order valence-electron chi connectivity index (χ0n) is 7.09. The van der Waals surface area contributed by atoms with Crippen LogP contribution in [-0.2, 0) is 0 Å². The van der Waals surface area contributed by atoms with Gasteiger partial charge in [0.15, 0.2) is 0 Å². The molecule has 1 nitrogen and oxygen atoms in total. The SMILES string of the molecule is C=CCN1CC(C)CC(Cl)C1. The Morgan fingerprint density at radius 1 is 1.64 bits per heavy atom. The van der Waals surface area contributed by atoms with Crippen LogP contribution in [-0.4, -0.2) is 29.9 Å². The number of nitrogens with zero attached hydrogens (tertiary/aromatic N) is 1. The summed E-state index contributed by atoms with van der Waals surface area (Å²) >= 11 is 6.07. The van der Waals surface area contributed by atoms with E-state index >= 15 is 0 Å². The smallest absolute Gasteiger partial charge is 0.0466 e. The molecule has 0 amide bonds. The maximum absolute atomic E-state index is 6.07. The standard InChI is InChI=1S/C9H16ClN/c1-3-4-11-6-8(2)5-9(10)7-11/h3,8-9H,1,4-7H2,2H3. The van der Waals surface area contributed by atoms with Crippen LogP contribution >= 0.6 is 11.6 Å². The molecular formula is C9H16ClN. The van der Waals surface area contributed by atoms with Crippen LogP contribution in [0.1, 0.15) is 13.3 Å². The van der Waals surface area contributed by atoms with E-state index in [4.69, 9.17) is 11.6 Å². The van der Waals surface area contributed by atoms with E-state index in [2.05, 4.69) is 18.4 Å². The van der Waals surface area contributed by atoms with Gasteiger partial charge in [-0.05, 0) is 12.3 Å². The van der Waals surface area contributed by atoms with Gasteiger partial charge in [0.25, 0.3) is 0 Å². The van der Waals surface area contributed by atoms with Crippen molar-refractivity contribution >= 4 is 11.6 Å². The van der Waals surface area contributed by atoms with Gasteiger partial charge in [-0.3, -0.25) is 4.90 Å². The molecule has 2 unspecified atom stereocenters. The molecule has 0 radical (unpaired) electrons. The molecule has 1 aliphatic heterocycles. The molecule has 1 rings (SSSR count). The Balaban J connectivity index is 2.36. The third-order valence-electron chi connectivity index (χ3n) is 2.07. The van der Waals surface area contributed by atoms with Gasteiger partial charge in [-0.15, -0.1) is 18.2 Å². The third-order valence-corrected chi connectivity index (χ3v) is 2.39. The second-order valence-corrected chi connectivity index (χ2v) is 4.06. The Labute approximate surface area is 74.0 Å². The van der Waals surface area contributed by atoms with Gasteiger partial charge in [0, 0.05) is 25.0 Å². The summed E-state index contributed by atoms with van der Waals surface area (Å²) in [4.78, 5) is 2.36. The lowest BCUT2D eigenvalue weighted by Gasteiger charge is -2.32. The van der Waals surface area contributed by atoms with E-state index in [1.54, 1.807) is 0 Å². The molecule has 0 saturated carbocycles. The lowest BCUT2D eigenvalue weighted by Crippen LogP contribution is -2.40. The Morgan fingerprint density at radius 2 is 2.36 bits per heavy atom. The summed E-state index contributed by atoms with van der Waals surface area (Å²) in [7, 11) is 0. The number of rotatable bonds is 2. The van der Waals surface area contributed by atoms with Crippen LogP contribution in [0, 0.1) is 5.92 Å². The molecule has 2 heteroatoms. The van der Waals surface area contributed by atoms with Gasteiger partial charge in [-0.2, -0.15) is 0 Å². The number of hydrogen-bond donors (Lipinski definition) is 0. The molecular weight excluding hydrogens is 158 g/mol. The normalized spacial score (nSPS) is 33.6. The van der Waals surface area contributed by atoms with E-state index < -0.39 is 0 Å². The third kappa shape index (κ3) is 2.84. The van der Waals surface area contributed by atoms with E-state index in [9.17, 15) is 0 Å². The zero-order chi connectivity index (χ0) is 8.27. The van der Waals surface area contributed by atoms with Gasteiger partial charge in [0.1, 0.15) is 0 Å². The van der Waals surface area contributed by atoms with Crippen LogP contribution in [0.5, 0.6) is 0 Å². The minimum Gasteiger partial charge on any atom is -0.298 e. The molecule has 1 aliphatic rings. The largest absolute Gasteiger partial charge is 0.298 e. The zero-order valence-corrected chi connectivity index (χ0v) is 7.85. The molecule has 2 atom stereocenters. The highest BCUT2D eigenvalue weighted by atomic mass is 35.5. The van der Waals surface area contributed by atoms with Crippen molar-refractivity contribution in [3.8, 4) is 0 Å². The predicted molar refractivity (Wildman–Crippen MR) is 50.1 cm³/mol. The second-order valence-electron chi connectivity index (χ2n) is 3.45. The van der Waals surface area contributed by atoms with Gasteiger partial charge < -0.3 is 0 Å². The molecule has 0 aromatic heterocycles. The minimum atomic E-state index is 0.346. The first kappa shape index (κ1) is 9.08. The molecule has 1 fully saturated rings. The molecule has 64 valence electrons. The van der Waals surface area contributed by atoms with Crippen molar-refractivity contribution in [2.24, 2.45) is 5.92 Å². The van der Waals surface area contributed by atoms with E-state index in [1.807, 2.05) is 6.08 Å². The summed E-state index contributed by atoms with van der Waals surface area (Å²) < 4.78 is 0. The molecule has 0 bridgehead atoms. The van der Waals surface area contributed by atoms with E-state index in [0.717, 1.165) is 25.4 Å². The molecule has 1 saturated heterocycles. The van der Waals surface area contributed by atoms with E-state index in [-0.39, 0.29) is 0 Å². The van der Waals surface area contributed by atoms with Crippen LogP contribution in [0.25, 0.3) is 0 Å². The highest BCUT2D eigenvalue weighted by Crippen LogP contribution is 2.19. The van der Waals surface area contributed by atoms with Crippen molar-refractivity contribution in [1.29, 1.82) is 0 Å². The summed E-state index contributed by atoms with van der Waals surface area (Å²) in [6.45, 7) is 9.16. The highest BCUT2D eigenvalue weighted by molar-refractivity contribution is 6.20. The molecule has 0 N–H and O–H groups in total. The number of hydrogen-bond acceptors (Lipinski definition) is 1. The molecule has 11 heavy (non-hydrogen) atoms. The van der Waals surface area contributed by atoms with Gasteiger partial charge in [-0.25, -0.2) is 0 Å². The molecule has 0 aliphatic carbocycles. The van der Waals surface area contributed by atoms with E-state index in [1.165, 1.54) is 6.54 Å². The van der Waals surface area contributed by atoms with Crippen LogP contribution in [0.2, 0.25) is 0 Å². The topological polar surface area (TPSA) is 3.24 Å². The van der Waals surface area contributed by atoms with Crippen molar-refractivity contribution in [2.75, 3.05) is 19.6 Å². The number of piperidine rings is 1. The molecule has 1 heterocycles. The fourth-order valence-corrected chi connectivity index (χ4v) is 2.21. The van der Waals surface area contributed by atoms with E-state index in [0.29, 0.717) is 5.38 Å². The van der Waals surface area contributed by atoms with Gasteiger partial charge in [-0.1, -0.05) is 13.0 Å². The monoisotopic (exact) mass is 173 g/mol. The average Bonchev–Trinajstić information content (AvgIpc) is 1.85. The van der Waals surface area contributed by atoms with Crippen LogP contribution < -0.4 is 0 Å². The first-order valence-electron chi connectivity index (χ1n) is 4.19. The lowest BCUT2D eigenvalue weighted by atomic mass is 10.00. The van der Waals surface area contributed by atoms with Crippen molar-refractivity contribution < 1.29 is 0 Å². The number of likely N-dealkylation sites (tertiary alicyclic amines) is 1. The van der Waals surface area contributed by atoms with Crippen LogP contribution in [0.3, 0.4) is 0 Å². The maximum atomic E-state index is 6.07. The van der Waals surface area contributed by atoms with Crippen molar-refractivity contribution in [1.82, 2.24) is 4.90 Å². The van der Waals surface area contributed by atoms with Crippen molar-refractivity contribution in [3.63, 3.8) is 0 Å². The predicted octanol–water partition coefficient (Wildman–Crippen LogP) is 2.12. The van der Waals surface area contributed by atoms with Crippen molar-refractivity contribution in [3.05, 3.63) is 12.7 Å². The fourth-order valence-electron chi connectivity index (χ4n) is 1.71. The first-order valence-corrected chi connectivity index (χ1v) is 4.63. The number of halogens is 1. The minimum absolute atomic E-state index is 0.346. The Hall–Kier alpha value is -0.0100. The van der Waals surface area contributed by atoms with Gasteiger partial charge >= 0.3 is 0 Å². The van der Waals surface area contributed by atoms with Crippen molar-refractivity contribution in [2.45, 2.75) is 18.7 Å². The highest BCUT2D eigenvalue weighted by Gasteiger charge is 2.21. The molecule has 0 spiro atoms. The number of alkyl halides is 1. The van der Waals surface area contributed by atoms with Gasteiger partial charge in [0.2, 0.25) is 0 Å². The summed E-state index contributed by atoms with van der Waals surface area (Å²) in [6.07, 6.45) is 3.11. The lowest BCUT2D eigenvalue weighted by molar-refractivity contribution is 0.205. The first-order chi connectivity index (χ1) is 5.22. The second kappa shape index (κ2) is 4.13. The Bertz CT molecular complexity index is 126. The summed E-state index contributed by atoms with van der Waals surface area (Å²) in [5, 5.41) is 0.346. The Morgan fingerprint density at radius 3 is 2.91 bits per heavy atom. The van der Waals surface area contributed by atoms with Crippen LogP contribution in [0.15, 0.2) is 12.7 Å². The fraction of sp³-hybridized carbons (Fsp3) is 0.778. The summed E-state index contributed by atoms with van der Waals surface area (Å²) in [5.74, 6) is 0.742. The quantitative estimate of drug-likeness (QED) is 0.457. The average molecular weight is 174 g/mol. The maximum Gasteiger partial charge on any atom is 0.0466 e. The molecule has 0 aromatic rings. The summed E-state index contributed by atoms with van der Waals surface area (Å²) in [5.41, 5.74) is 0. The Kier molecular flexibility index (Phi) is 3.41. The van der Waals surface area contributed by atoms with Crippen LogP contribution in [0.4, 0.5) is 0 Å². The van der Waals surface area contributed by atoms with Gasteiger partial charge in [0.05, 0.1) is 0 Å².